The second-order valence-corrected chi connectivity index (χ2v) is 5.23. The maximum Gasteiger partial charge on any atom is 0.336 e. The molecule has 0 radical (unpaired) electrons. The van der Waals surface area contributed by atoms with Gasteiger partial charge in [-0.05, 0) is 29.6 Å². The van der Waals surface area contributed by atoms with E-state index < -0.39 is 5.97 Å². The fourth-order valence-electron chi connectivity index (χ4n) is 1.94. The van der Waals surface area contributed by atoms with Crippen molar-refractivity contribution in [3.63, 3.8) is 0 Å². The van der Waals surface area contributed by atoms with Crippen LogP contribution in [0.25, 0.3) is 10.9 Å². The largest absolute Gasteiger partial charge is 0.478 e. The van der Waals surface area contributed by atoms with E-state index in [1.165, 1.54) is 0 Å². The first-order valence-corrected chi connectivity index (χ1v) is 6.90. The summed E-state index contributed by atoms with van der Waals surface area (Å²) in [7, 11) is 0. The van der Waals surface area contributed by atoms with E-state index in [2.05, 4.69) is 4.98 Å². The lowest BCUT2D eigenvalue weighted by atomic mass is 10.1. The second-order valence-electron chi connectivity index (χ2n) is 4.19. The average molecular weight is 285 g/mol. The number of pyridine rings is 1. The van der Waals surface area contributed by atoms with Crippen molar-refractivity contribution in [2.24, 2.45) is 0 Å². The SMILES string of the molecule is O=C(O)c1cccc2nc(OCc3cccs3)ccc12. The summed E-state index contributed by atoms with van der Waals surface area (Å²) >= 11 is 1.62. The van der Waals surface area contributed by atoms with E-state index in [0.29, 0.717) is 23.4 Å². The molecule has 1 N–H and O–H groups in total. The van der Waals surface area contributed by atoms with Gasteiger partial charge in [0.25, 0.3) is 0 Å². The molecule has 0 fully saturated rings. The molecule has 0 aliphatic rings. The predicted molar refractivity (Wildman–Crippen MR) is 77.4 cm³/mol. The smallest absolute Gasteiger partial charge is 0.336 e. The summed E-state index contributed by atoms with van der Waals surface area (Å²) in [6.07, 6.45) is 0. The van der Waals surface area contributed by atoms with Crippen molar-refractivity contribution >= 4 is 28.2 Å². The Kier molecular flexibility index (Phi) is 3.35. The van der Waals surface area contributed by atoms with Crippen LogP contribution in [0.3, 0.4) is 0 Å². The molecule has 20 heavy (non-hydrogen) atoms. The molecule has 5 heteroatoms. The molecule has 0 aliphatic carbocycles. The summed E-state index contributed by atoms with van der Waals surface area (Å²) < 4.78 is 5.61. The molecule has 1 aromatic carbocycles. The average Bonchev–Trinajstić information content (AvgIpc) is 2.97. The van der Waals surface area contributed by atoms with Crippen molar-refractivity contribution in [2.75, 3.05) is 0 Å². The van der Waals surface area contributed by atoms with Gasteiger partial charge in [-0.25, -0.2) is 9.78 Å². The summed E-state index contributed by atoms with van der Waals surface area (Å²) in [6.45, 7) is 0.467. The molecule has 0 amide bonds. The number of ether oxygens (including phenoxy) is 1. The maximum atomic E-state index is 11.1. The van der Waals surface area contributed by atoms with Gasteiger partial charge in [-0.15, -0.1) is 11.3 Å². The summed E-state index contributed by atoms with van der Waals surface area (Å²) in [4.78, 5) is 16.6. The van der Waals surface area contributed by atoms with Gasteiger partial charge in [0.05, 0.1) is 11.1 Å². The van der Waals surface area contributed by atoms with Crippen LogP contribution < -0.4 is 4.74 Å². The lowest BCUT2D eigenvalue weighted by molar-refractivity contribution is 0.0699. The van der Waals surface area contributed by atoms with Crippen LogP contribution in [0.5, 0.6) is 5.88 Å². The molecular weight excluding hydrogens is 274 g/mol. The van der Waals surface area contributed by atoms with Crippen LogP contribution in [0.1, 0.15) is 15.2 Å². The van der Waals surface area contributed by atoms with Crippen LogP contribution in [0.4, 0.5) is 0 Å². The van der Waals surface area contributed by atoms with E-state index in [9.17, 15) is 4.79 Å². The number of fused-ring (bicyclic) bond motifs is 1. The number of carbonyl (C=O) groups is 1. The van der Waals surface area contributed by atoms with Crippen LogP contribution in [-0.4, -0.2) is 16.1 Å². The minimum Gasteiger partial charge on any atom is -0.478 e. The van der Waals surface area contributed by atoms with Crippen LogP contribution in [0, 0.1) is 0 Å². The lowest BCUT2D eigenvalue weighted by Gasteiger charge is -2.06. The van der Waals surface area contributed by atoms with Gasteiger partial charge >= 0.3 is 5.97 Å². The van der Waals surface area contributed by atoms with Crippen molar-refractivity contribution in [1.82, 2.24) is 4.98 Å². The van der Waals surface area contributed by atoms with E-state index >= 15 is 0 Å². The summed E-state index contributed by atoms with van der Waals surface area (Å²) in [5.74, 6) is -0.460. The Balaban J connectivity index is 1.89. The van der Waals surface area contributed by atoms with Gasteiger partial charge < -0.3 is 9.84 Å². The molecule has 0 unspecified atom stereocenters. The lowest BCUT2D eigenvalue weighted by Crippen LogP contribution is -1.99. The number of rotatable bonds is 4. The summed E-state index contributed by atoms with van der Waals surface area (Å²) in [5.41, 5.74) is 0.869. The van der Waals surface area contributed by atoms with Crippen molar-refractivity contribution in [2.45, 2.75) is 6.61 Å². The Bertz CT molecular complexity index is 753. The van der Waals surface area contributed by atoms with E-state index in [1.54, 1.807) is 41.7 Å². The molecule has 0 spiro atoms. The molecule has 3 aromatic rings. The van der Waals surface area contributed by atoms with E-state index in [1.807, 2.05) is 17.5 Å². The molecule has 2 heterocycles. The third-order valence-electron chi connectivity index (χ3n) is 2.88. The number of carboxylic acids is 1. The van der Waals surface area contributed by atoms with E-state index in [4.69, 9.17) is 9.84 Å². The zero-order valence-electron chi connectivity index (χ0n) is 10.4. The van der Waals surface area contributed by atoms with Gasteiger partial charge in [-0.3, -0.25) is 0 Å². The maximum absolute atomic E-state index is 11.1. The third kappa shape index (κ3) is 2.48. The molecule has 100 valence electrons. The molecule has 4 nitrogen and oxygen atoms in total. The van der Waals surface area contributed by atoms with Gasteiger partial charge in [0.15, 0.2) is 0 Å². The van der Waals surface area contributed by atoms with Gasteiger partial charge in [-0.2, -0.15) is 0 Å². The number of hydrogen-bond donors (Lipinski definition) is 1. The highest BCUT2D eigenvalue weighted by atomic mass is 32.1. The fourth-order valence-corrected chi connectivity index (χ4v) is 2.56. The second kappa shape index (κ2) is 5.30. The number of nitrogens with zero attached hydrogens (tertiary/aromatic N) is 1. The highest BCUT2D eigenvalue weighted by Crippen LogP contribution is 2.21. The molecule has 0 atom stereocenters. The van der Waals surface area contributed by atoms with Crippen molar-refractivity contribution in [3.8, 4) is 5.88 Å². The fraction of sp³-hybridized carbons (Fsp3) is 0.0667. The molecule has 2 aromatic heterocycles. The minimum absolute atomic E-state index is 0.250. The topological polar surface area (TPSA) is 59.4 Å². The predicted octanol–water partition coefficient (Wildman–Crippen LogP) is 3.57. The van der Waals surface area contributed by atoms with E-state index in [0.717, 1.165) is 4.88 Å². The zero-order chi connectivity index (χ0) is 13.9. The first-order valence-electron chi connectivity index (χ1n) is 6.02. The Labute approximate surface area is 119 Å². The zero-order valence-corrected chi connectivity index (χ0v) is 11.3. The minimum atomic E-state index is -0.954. The number of thiophene rings is 1. The van der Waals surface area contributed by atoms with Crippen molar-refractivity contribution in [3.05, 3.63) is 58.3 Å². The van der Waals surface area contributed by atoms with E-state index in [-0.39, 0.29) is 5.56 Å². The van der Waals surface area contributed by atoms with Crippen molar-refractivity contribution in [1.29, 1.82) is 0 Å². The Morgan fingerprint density at radius 2 is 2.10 bits per heavy atom. The first kappa shape index (κ1) is 12.6. The molecule has 0 saturated carbocycles. The number of benzene rings is 1. The van der Waals surface area contributed by atoms with Crippen molar-refractivity contribution < 1.29 is 14.6 Å². The van der Waals surface area contributed by atoms with Gasteiger partial charge in [-0.1, -0.05) is 12.1 Å². The molecule has 0 saturated heterocycles. The standard InChI is InChI=1S/C15H11NO3S/c17-15(18)12-4-1-5-13-11(12)6-7-14(16-13)19-9-10-3-2-8-20-10/h1-8H,9H2,(H,17,18). The van der Waals surface area contributed by atoms with Gasteiger partial charge in [0.2, 0.25) is 5.88 Å². The van der Waals surface area contributed by atoms with Crippen LogP contribution in [0.2, 0.25) is 0 Å². The van der Waals surface area contributed by atoms with Crippen LogP contribution in [0.15, 0.2) is 47.8 Å². The number of hydrogen-bond acceptors (Lipinski definition) is 4. The van der Waals surface area contributed by atoms with Gasteiger partial charge in [0, 0.05) is 16.3 Å². The molecule has 0 aliphatic heterocycles. The monoisotopic (exact) mass is 285 g/mol. The summed E-state index contributed by atoms with van der Waals surface area (Å²) in [5, 5.41) is 11.7. The van der Waals surface area contributed by atoms with Crippen LogP contribution >= 0.6 is 11.3 Å². The first-order chi connectivity index (χ1) is 9.74. The number of aromatic nitrogens is 1. The summed E-state index contributed by atoms with van der Waals surface area (Å²) in [6, 6.07) is 12.4. The molecule has 3 rings (SSSR count). The normalized spacial score (nSPS) is 10.6. The highest BCUT2D eigenvalue weighted by molar-refractivity contribution is 7.09. The third-order valence-corrected chi connectivity index (χ3v) is 3.73. The molecule has 0 bridgehead atoms. The van der Waals surface area contributed by atoms with Crippen LogP contribution in [-0.2, 0) is 6.61 Å². The van der Waals surface area contributed by atoms with Gasteiger partial charge in [0.1, 0.15) is 6.61 Å². The molecular formula is C15H11NO3S. The number of aromatic carboxylic acids is 1. The Morgan fingerprint density at radius 3 is 2.85 bits per heavy atom. The number of carboxylic acid groups (broad SMARTS) is 1. The highest BCUT2D eigenvalue weighted by Gasteiger charge is 2.09. The Hall–Kier alpha value is -2.40. The Morgan fingerprint density at radius 1 is 1.20 bits per heavy atom. The quantitative estimate of drug-likeness (QED) is 0.796.